The molecule has 2 fully saturated rings. The van der Waals surface area contributed by atoms with Crippen molar-refractivity contribution in [2.45, 2.75) is 37.3 Å². The quantitative estimate of drug-likeness (QED) is 0.463. The molecule has 3 aromatic rings. The van der Waals surface area contributed by atoms with E-state index < -0.39 is 11.7 Å². The minimum absolute atomic E-state index is 0.0422. The zero-order chi connectivity index (χ0) is 23.9. The van der Waals surface area contributed by atoms with E-state index in [0.29, 0.717) is 11.5 Å². The number of rotatable bonds is 7. The summed E-state index contributed by atoms with van der Waals surface area (Å²) in [6.07, 6.45) is -0.377. The molecule has 0 N–H and O–H groups in total. The molecule has 2 heterocycles. The molecule has 5 rings (SSSR count). The summed E-state index contributed by atoms with van der Waals surface area (Å²) in [5.41, 5.74) is 1.98. The zero-order valence-corrected chi connectivity index (χ0v) is 19.0. The van der Waals surface area contributed by atoms with Crippen molar-refractivity contribution < 1.29 is 13.2 Å². The van der Waals surface area contributed by atoms with Crippen molar-refractivity contribution in [2.75, 3.05) is 19.6 Å². The first-order valence-corrected chi connectivity index (χ1v) is 11.6. The first kappa shape index (κ1) is 22.6. The highest BCUT2D eigenvalue weighted by molar-refractivity contribution is 5.58. The smallest absolute Gasteiger partial charge is 0.314 e. The largest absolute Gasteiger partial charge is 0.416 e. The average Bonchev–Trinajstić information content (AvgIpc) is 3.20. The fraction of sp³-hybridized carbons (Fsp3) is 0.423. The van der Waals surface area contributed by atoms with E-state index in [1.54, 1.807) is 18.2 Å². The molecule has 0 unspecified atom stereocenters. The Balaban J connectivity index is 1.13. The van der Waals surface area contributed by atoms with Gasteiger partial charge in [-0.3, -0.25) is 0 Å². The molecule has 0 amide bonds. The van der Waals surface area contributed by atoms with E-state index in [9.17, 15) is 13.2 Å². The minimum Gasteiger partial charge on any atom is -0.314 e. The number of benzene rings is 2. The Kier molecular flexibility index (Phi) is 5.68. The summed E-state index contributed by atoms with van der Waals surface area (Å²) < 4.78 is 40.6. The lowest BCUT2D eigenvalue weighted by molar-refractivity contribution is -0.137. The number of aryl methyl sites for hydroxylation is 1. The average molecular weight is 466 g/mol. The summed E-state index contributed by atoms with van der Waals surface area (Å²) in [6.45, 7) is 2.92. The maximum absolute atomic E-state index is 12.9. The van der Waals surface area contributed by atoms with Crippen LogP contribution in [0.4, 0.5) is 13.2 Å². The maximum atomic E-state index is 12.9. The van der Waals surface area contributed by atoms with Gasteiger partial charge in [0.25, 0.3) is 0 Å². The van der Waals surface area contributed by atoms with E-state index in [1.807, 2.05) is 29.8 Å². The molecule has 5 nitrogen and oxygen atoms in total. The van der Waals surface area contributed by atoms with Crippen LogP contribution in [-0.2, 0) is 25.1 Å². The second-order valence-corrected chi connectivity index (χ2v) is 9.52. The summed E-state index contributed by atoms with van der Waals surface area (Å²) in [5, 5.41) is 17.8. The van der Waals surface area contributed by atoms with Crippen LogP contribution in [0.5, 0.6) is 0 Å². The summed E-state index contributed by atoms with van der Waals surface area (Å²) >= 11 is 0. The fourth-order valence-electron chi connectivity index (χ4n) is 5.37. The monoisotopic (exact) mass is 465 g/mol. The van der Waals surface area contributed by atoms with E-state index in [1.165, 1.54) is 12.1 Å². The van der Waals surface area contributed by atoms with Crippen molar-refractivity contribution in [3.05, 3.63) is 71.0 Å². The molecule has 1 aromatic heterocycles. The van der Waals surface area contributed by atoms with Crippen LogP contribution in [0.3, 0.4) is 0 Å². The number of fused-ring (bicyclic) bond motifs is 1. The van der Waals surface area contributed by atoms with Crippen LogP contribution in [0.15, 0.2) is 48.5 Å². The number of nitrogens with zero attached hydrogens (tertiary/aromatic N) is 5. The Bertz CT molecular complexity index is 1220. The highest BCUT2D eigenvalue weighted by Crippen LogP contribution is 2.59. The number of piperidine rings is 1. The molecule has 1 aliphatic carbocycles. The standard InChI is InChI=1S/C26H26F3N5/c1-33-23(31-32-24(33)19-6-4-5-18(13-19)15-30)7-2-3-12-34-16-22-14-25(22,17-34)20-8-10-21(11-9-20)26(27,28)29/h4-6,8-11,13,22H,2-3,7,12,14,16-17H2,1H3/t22-,25+/m0/s1. The van der Waals surface area contributed by atoms with E-state index in [-0.39, 0.29) is 5.41 Å². The van der Waals surface area contributed by atoms with Crippen LogP contribution in [0, 0.1) is 17.2 Å². The summed E-state index contributed by atoms with van der Waals surface area (Å²) in [4.78, 5) is 2.45. The number of hydrogen-bond acceptors (Lipinski definition) is 4. The Labute approximate surface area is 196 Å². The predicted molar refractivity (Wildman–Crippen MR) is 122 cm³/mol. The third-order valence-electron chi connectivity index (χ3n) is 7.34. The van der Waals surface area contributed by atoms with Crippen molar-refractivity contribution in [1.82, 2.24) is 19.7 Å². The van der Waals surface area contributed by atoms with Crippen molar-refractivity contribution >= 4 is 0 Å². The number of unbranched alkanes of at least 4 members (excludes halogenated alkanes) is 1. The molecule has 0 spiro atoms. The van der Waals surface area contributed by atoms with E-state index in [4.69, 9.17) is 5.26 Å². The highest BCUT2D eigenvalue weighted by atomic mass is 19.4. The molecule has 2 aliphatic rings. The SMILES string of the molecule is Cn1c(CCCCN2C[C@@H]3C[C@]3(c3ccc(C(F)(F)F)cc3)C2)nnc1-c1cccc(C#N)c1. The first-order valence-electron chi connectivity index (χ1n) is 11.6. The Morgan fingerprint density at radius 1 is 1.12 bits per heavy atom. The number of aromatic nitrogens is 3. The molecular formula is C26H26F3N5. The van der Waals surface area contributed by atoms with Gasteiger partial charge in [0.15, 0.2) is 5.82 Å². The van der Waals surface area contributed by atoms with E-state index in [0.717, 1.165) is 68.1 Å². The number of nitriles is 1. The molecule has 0 radical (unpaired) electrons. The van der Waals surface area contributed by atoms with Gasteiger partial charge in [0, 0.05) is 37.5 Å². The van der Waals surface area contributed by atoms with Gasteiger partial charge in [-0.2, -0.15) is 18.4 Å². The molecular weight excluding hydrogens is 439 g/mol. The molecule has 1 saturated carbocycles. The summed E-state index contributed by atoms with van der Waals surface area (Å²) in [5.74, 6) is 2.22. The second-order valence-electron chi connectivity index (χ2n) is 9.52. The molecule has 1 saturated heterocycles. The van der Waals surface area contributed by atoms with Crippen LogP contribution < -0.4 is 0 Å². The fourth-order valence-corrected chi connectivity index (χ4v) is 5.37. The van der Waals surface area contributed by atoms with Crippen molar-refractivity contribution in [1.29, 1.82) is 5.26 Å². The second kappa shape index (κ2) is 8.55. The maximum Gasteiger partial charge on any atom is 0.416 e. The van der Waals surface area contributed by atoms with Gasteiger partial charge in [0.2, 0.25) is 0 Å². The molecule has 34 heavy (non-hydrogen) atoms. The third kappa shape index (κ3) is 4.21. The molecule has 2 aromatic carbocycles. The summed E-state index contributed by atoms with van der Waals surface area (Å²) in [6, 6.07) is 15.3. The lowest BCUT2D eigenvalue weighted by Gasteiger charge is -2.21. The van der Waals surface area contributed by atoms with E-state index >= 15 is 0 Å². The number of alkyl halides is 3. The lowest BCUT2D eigenvalue weighted by Crippen LogP contribution is -2.27. The van der Waals surface area contributed by atoms with E-state index in [2.05, 4.69) is 21.2 Å². The predicted octanol–water partition coefficient (Wildman–Crippen LogP) is 4.97. The number of hydrogen-bond donors (Lipinski definition) is 0. The lowest BCUT2D eigenvalue weighted by atomic mass is 9.94. The van der Waals surface area contributed by atoms with Crippen LogP contribution in [-0.4, -0.2) is 39.3 Å². The normalized spacial score (nSPS) is 21.9. The van der Waals surface area contributed by atoms with Gasteiger partial charge in [-0.1, -0.05) is 24.3 Å². The van der Waals surface area contributed by atoms with Crippen molar-refractivity contribution in [2.24, 2.45) is 13.0 Å². The van der Waals surface area contributed by atoms with Crippen LogP contribution in [0.2, 0.25) is 0 Å². The van der Waals surface area contributed by atoms with Gasteiger partial charge in [0.1, 0.15) is 5.82 Å². The van der Waals surface area contributed by atoms with Crippen molar-refractivity contribution in [3.8, 4) is 17.5 Å². The van der Waals surface area contributed by atoms with Gasteiger partial charge in [-0.15, -0.1) is 10.2 Å². The third-order valence-corrected chi connectivity index (χ3v) is 7.34. The molecule has 176 valence electrons. The summed E-state index contributed by atoms with van der Waals surface area (Å²) in [7, 11) is 1.95. The Morgan fingerprint density at radius 2 is 1.91 bits per heavy atom. The van der Waals surface area contributed by atoms with Gasteiger partial charge >= 0.3 is 6.18 Å². The van der Waals surface area contributed by atoms with Gasteiger partial charge < -0.3 is 9.47 Å². The Hall–Kier alpha value is -3.18. The number of likely N-dealkylation sites (tertiary alicyclic amines) is 1. The van der Waals surface area contributed by atoms with Gasteiger partial charge in [0.05, 0.1) is 17.2 Å². The van der Waals surface area contributed by atoms with Crippen LogP contribution in [0.25, 0.3) is 11.4 Å². The van der Waals surface area contributed by atoms with Crippen molar-refractivity contribution in [3.63, 3.8) is 0 Å². The highest BCUT2D eigenvalue weighted by Gasteiger charge is 2.60. The molecule has 0 bridgehead atoms. The molecule has 1 aliphatic heterocycles. The molecule has 2 atom stereocenters. The topological polar surface area (TPSA) is 57.7 Å². The van der Waals surface area contributed by atoms with Gasteiger partial charge in [-0.25, -0.2) is 0 Å². The number of halogens is 3. The van der Waals surface area contributed by atoms with Crippen LogP contribution >= 0.6 is 0 Å². The zero-order valence-electron chi connectivity index (χ0n) is 19.0. The van der Waals surface area contributed by atoms with Crippen LogP contribution in [0.1, 0.15) is 41.8 Å². The minimum atomic E-state index is -4.29. The van der Waals surface area contributed by atoms with Gasteiger partial charge in [-0.05, 0) is 61.6 Å². The first-order chi connectivity index (χ1) is 16.3. The Morgan fingerprint density at radius 3 is 2.65 bits per heavy atom. The molecule has 8 heteroatoms.